The lowest BCUT2D eigenvalue weighted by atomic mass is 10.0. The summed E-state index contributed by atoms with van der Waals surface area (Å²) in [7, 11) is 4.17. The van der Waals surface area contributed by atoms with Gasteiger partial charge in [-0.25, -0.2) is 0 Å². The van der Waals surface area contributed by atoms with Crippen LogP contribution in [0.1, 0.15) is 27.9 Å². The first kappa shape index (κ1) is 37.2. The second kappa shape index (κ2) is 18.8. The molecule has 270 valence electrons. The summed E-state index contributed by atoms with van der Waals surface area (Å²) in [5.74, 6) is 0. The van der Waals surface area contributed by atoms with Crippen molar-refractivity contribution in [2.75, 3.05) is 37.0 Å². The van der Waals surface area contributed by atoms with E-state index in [1.165, 1.54) is 33.6 Å². The van der Waals surface area contributed by atoms with Crippen molar-refractivity contribution >= 4 is 57.6 Å². The Labute approximate surface area is 318 Å². The number of aromatic nitrogens is 2. The van der Waals surface area contributed by atoms with E-state index in [1.807, 2.05) is 48.5 Å². The number of allylic oxidation sites excluding steroid dienone is 1. The van der Waals surface area contributed by atoms with Gasteiger partial charge in [0, 0.05) is 60.9 Å². The lowest BCUT2D eigenvalue weighted by Crippen LogP contribution is -2.11. The molecular formula is C47H47N7. The fraction of sp³-hybridized carbons (Fsp3) is 0.106. The summed E-state index contributed by atoms with van der Waals surface area (Å²) in [5, 5.41) is 8.72. The van der Waals surface area contributed by atoms with Crippen molar-refractivity contribution in [2.24, 2.45) is 16.5 Å². The number of nitrogens with one attached hydrogen (secondary N) is 1. The number of benzene rings is 6. The molecule has 2 heterocycles. The van der Waals surface area contributed by atoms with Crippen LogP contribution in [0.15, 0.2) is 169 Å². The van der Waals surface area contributed by atoms with Crippen LogP contribution in [-0.4, -0.2) is 43.1 Å². The van der Waals surface area contributed by atoms with Gasteiger partial charge in [-0.2, -0.15) is 5.10 Å². The zero-order chi connectivity index (χ0) is 37.5. The van der Waals surface area contributed by atoms with Crippen molar-refractivity contribution in [2.45, 2.75) is 6.54 Å². The summed E-state index contributed by atoms with van der Waals surface area (Å²) in [6.07, 6.45) is 8.37. The Hall–Kier alpha value is -6.54. The molecule has 0 atom stereocenters. The molecule has 0 radical (unpaired) electrons. The highest BCUT2D eigenvalue weighted by Crippen LogP contribution is 2.30. The minimum atomic E-state index is 0.597. The van der Waals surface area contributed by atoms with Crippen LogP contribution in [0.4, 0.5) is 22.7 Å². The summed E-state index contributed by atoms with van der Waals surface area (Å²) >= 11 is 0. The van der Waals surface area contributed by atoms with Crippen LogP contribution in [0.3, 0.4) is 0 Å². The van der Waals surface area contributed by atoms with E-state index < -0.39 is 0 Å². The minimum absolute atomic E-state index is 0.597. The first-order valence-corrected chi connectivity index (χ1v) is 18.1. The van der Waals surface area contributed by atoms with Crippen molar-refractivity contribution < 1.29 is 0 Å². The first-order valence-electron chi connectivity index (χ1n) is 18.1. The fourth-order valence-corrected chi connectivity index (χ4v) is 6.01. The molecule has 0 saturated heterocycles. The molecule has 0 aliphatic carbocycles. The van der Waals surface area contributed by atoms with Crippen LogP contribution < -0.4 is 21.3 Å². The van der Waals surface area contributed by atoms with E-state index in [2.05, 4.69) is 168 Å². The number of rotatable bonds is 9. The van der Waals surface area contributed by atoms with Crippen LogP contribution in [0, 0.1) is 0 Å². The molecule has 0 fully saturated rings. The van der Waals surface area contributed by atoms with Gasteiger partial charge in [0.1, 0.15) is 0 Å². The zero-order valence-electron chi connectivity index (χ0n) is 30.9. The van der Waals surface area contributed by atoms with Crippen molar-refractivity contribution in [3.8, 4) is 0 Å². The minimum Gasteiger partial charge on any atom is -0.345 e. The molecule has 1 aromatic heterocycles. The van der Waals surface area contributed by atoms with Gasteiger partial charge >= 0.3 is 0 Å². The summed E-state index contributed by atoms with van der Waals surface area (Å²) < 4.78 is 0. The van der Waals surface area contributed by atoms with Gasteiger partial charge in [-0.15, -0.1) is 0 Å². The topological polar surface area (TPSA) is 99.6 Å². The van der Waals surface area contributed by atoms with E-state index in [0.29, 0.717) is 13.1 Å². The smallest absolute Gasteiger partial charge is 0.0927 e. The highest BCUT2D eigenvalue weighted by Gasteiger charge is 2.15. The summed E-state index contributed by atoms with van der Waals surface area (Å²) in [6, 6.07) is 54.3. The molecule has 8 rings (SSSR count). The maximum Gasteiger partial charge on any atom is 0.0927 e. The number of H-pyrrole nitrogens is 1. The Bertz CT molecular complexity index is 2290. The molecule has 0 bridgehead atoms. The fourth-order valence-electron chi connectivity index (χ4n) is 6.01. The number of fused-ring (bicyclic) bond motifs is 2. The second-order valence-corrected chi connectivity index (χ2v) is 12.7. The van der Waals surface area contributed by atoms with Crippen LogP contribution in [0.5, 0.6) is 0 Å². The average Bonchev–Trinajstić information content (AvgIpc) is 3.86. The number of hydrogen-bond donors (Lipinski definition) is 3. The third kappa shape index (κ3) is 9.66. The van der Waals surface area contributed by atoms with Gasteiger partial charge in [0.2, 0.25) is 0 Å². The third-order valence-electron chi connectivity index (χ3n) is 9.06. The van der Waals surface area contributed by atoms with Crippen molar-refractivity contribution in [1.29, 1.82) is 0 Å². The van der Waals surface area contributed by atoms with E-state index in [0.717, 1.165) is 40.2 Å². The molecule has 0 spiro atoms. The molecule has 5 N–H and O–H groups in total. The number of para-hydroxylation sites is 2. The normalized spacial score (nSPS) is 11.7. The second-order valence-electron chi connectivity index (χ2n) is 12.7. The van der Waals surface area contributed by atoms with Crippen LogP contribution in [0.25, 0.3) is 29.1 Å². The number of nitrogens with zero attached hydrogens (tertiary/aromatic N) is 4. The summed E-state index contributed by atoms with van der Waals surface area (Å²) in [6.45, 7) is 1.94. The first-order chi connectivity index (χ1) is 26.5. The number of hydrogen-bond acceptors (Lipinski definition) is 6. The van der Waals surface area contributed by atoms with Gasteiger partial charge in [0.25, 0.3) is 0 Å². The standard InChI is InChI=1S/C23H20N2.C22H19N3.C2H8N2/c1-25(20-10-6-3-7-11-20)21-13-14-22-19(16-21)17-24-23(22)15-12-18-8-4-2-5-9-18;1-25(18-10-6-3-7-11-18)19-13-14-20-21(23-24-22(20)16-19)15-12-17-8-4-2-5-9-17;3-1-2-4/h2-16H,17H2,1H3;2-16H,1H3,(H,23,24);1-4H2/b2*15-12+;. The van der Waals surface area contributed by atoms with Crippen LogP contribution >= 0.6 is 0 Å². The van der Waals surface area contributed by atoms with E-state index in [4.69, 9.17) is 16.5 Å². The average molecular weight is 710 g/mol. The highest BCUT2D eigenvalue weighted by molar-refractivity contribution is 6.13. The largest absolute Gasteiger partial charge is 0.345 e. The molecule has 1 aliphatic heterocycles. The summed E-state index contributed by atoms with van der Waals surface area (Å²) in [5.41, 5.74) is 22.4. The molecule has 7 aromatic rings. The Kier molecular flexibility index (Phi) is 13.0. The molecule has 1 aliphatic rings. The van der Waals surface area contributed by atoms with Crippen LogP contribution in [-0.2, 0) is 6.54 Å². The SMILES string of the molecule is CN(c1ccccc1)c1ccc2c(/C=C/c3ccccc3)n[nH]c2c1.CN(c1ccccc1)c1ccc2c(c1)CN=C2/C=C/c1ccccc1.NCCN. The quantitative estimate of drug-likeness (QED) is 0.139. The van der Waals surface area contributed by atoms with Crippen molar-refractivity contribution in [3.63, 3.8) is 0 Å². The summed E-state index contributed by atoms with van der Waals surface area (Å²) in [4.78, 5) is 9.08. The van der Waals surface area contributed by atoms with Gasteiger partial charge in [0.05, 0.1) is 23.5 Å². The molecule has 0 unspecified atom stereocenters. The van der Waals surface area contributed by atoms with Gasteiger partial charge in [-0.05, 0) is 83.4 Å². The molecular weight excluding hydrogens is 663 g/mol. The lowest BCUT2D eigenvalue weighted by Gasteiger charge is -2.20. The number of aromatic amines is 1. The van der Waals surface area contributed by atoms with Crippen molar-refractivity contribution in [3.05, 3.63) is 192 Å². The maximum absolute atomic E-state index is 4.90. The molecule has 6 aromatic carbocycles. The Balaban J connectivity index is 0.000000168. The zero-order valence-corrected chi connectivity index (χ0v) is 30.9. The van der Waals surface area contributed by atoms with E-state index >= 15 is 0 Å². The monoisotopic (exact) mass is 709 g/mol. The number of aliphatic imine (C=N–C) groups is 1. The molecule has 0 amide bonds. The predicted octanol–water partition coefficient (Wildman–Crippen LogP) is 9.88. The highest BCUT2D eigenvalue weighted by atomic mass is 15.1. The lowest BCUT2D eigenvalue weighted by molar-refractivity contribution is 0.976. The van der Waals surface area contributed by atoms with Crippen LogP contribution in [0.2, 0.25) is 0 Å². The predicted molar refractivity (Wildman–Crippen MR) is 231 cm³/mol. The third-order valence-corrected chi connectivity index (χ3v) is 9.06. The maximum atomic E-state index is 4.90. The van der Waals surface area contributed by atoms with Gasteiger partial charge in [-0.3, -0.25) is 10.1 Å². The molecule has 7 nitrogen and oxygen atoms in total. The van der Waals surface area contributed by atoms with Gasteiger partial charge in [-0.1, -0.05) is 115 Å². The van der Waals surface area contributed by atoms with E-state index in [-0.39, 0.29) is 0 Å². The Morgan fingerprint density at radius 1 is 0.556 bits per heavy atom. The molecule has 0 saturated carbocycles. The Morgan fingerprint density at radius 3 is 1.61 bits per heavy atom. The Morgan fingerprint density at radius 2 is 1.06 bits per heavy atom. The number of anilines is 4. The van der Waals surface area contributed by atoms with Gasteiger partial charge in [0.15, 0.2) is 0 Å². The molecule has 7 heteroatoms. The number of nitrogens with two attached hydrogens (primary N) is 2. The van der Waals surface area contributed by atoms with E-state index in [1.54, 1.807) is 0 Å². The van der Waals surface area contributed by atoms with Crippen molar-refractivity contribution in [1.82, 2.24) is 10.2 Å². The van der Waals surface area contributed by atoms with Gasteiger partial charge < -0.3 is 21.3 Å². The van der Waals surface area contributed by atoms with E-state index in [9.17, 15) is 0 Å². The molecule has 54 heavy (non-hydrogen) atoms.